The standard InChI is InChI=1S/C16H18N6O/c1-10-14-12(21-22-15(14)17-2)8-13(19-10)20-16(23)18-9-11-6-4-3-5-7-11/h3-8H,9H2,1-2H3,(H2,17,21,22)(H2,18,19,20,23). The summed E-state index contributed by atoms with van der Waals surface area (Å²) in [6, 6.07) is 11.2. The molecule has 0 atom stereocenters. The van der Waals surface area contributed by atoms with E-state index in [0.717, 1.165) is 28.0 Å². The van der Waals surface area contributed by atoms with Gasteiger partial charge >= 0.3 is 6.03 Å². The second-order valence-corrected chi connectivity index (χ2v) is 5.13. The minimum absolute atomic E-state index is 0.298. The van der Waals surface area contributed by atoms with Crippen LogP contribution in [0.2, 0.25) is 0 Å². The van der Waals surface area contributed by atoms with Crippen LogP contribution in [0.3, 0.4) is 0 Å². The van der Waals surface area contributed by atoms with Crippen LogP contribution in [0, 0.1) is 6.92 Å². The number of amides is 2. The van der Waals surface area contributed by atoms with Crippen molar-refractivity contribution in [1.29, 1.82) is 0 Å². The van der Waals surface area contributed by atoms with Gasteiger partial charge < -0.3 is 10.6 Å². The van der Waals surface area contributed by atoms with Gasteiger partial charge in [-0.15, -0.1) is 0 Å². The van der Waals surface area contributed by atoms with Crippen molar-refractivity contribution in [3.05, 3.63) is 47.7 Å². The molecule has 3 aromatic rings. The van der Waals surface area contributed by atoms with E-state index in [0.29, 0.717) is 12.4 Å². The predicted octanol–water partition coefficient (Wildman–Crippen LogP) is 2.63. The summed E-state index contributed by atoms with van der Waals surface area (Å²) in [5, 5.41) is 16.6. The van der Waals surface area contributed by atoms with Gasteiger partial charge in [0.15, 0.2) is 5.82 Å². The second kappa shape index (κ2) is 6.35. The lowest BCUT2D eigenvalue weighted by Gasteiger charge is -2.08. The summed E-state index contributed by atoms with van der Waals surface area (Å²) >= 11 is 0. The summed E-state index contributed by atoms with van der Waals surface area (Å²) in [6.07, 6.45) is 0. The van der Waals surface area contributed by atoms with E-state index >= 15 is 0 Å². The summed E-state index contributed by atoms with van der Waals surface area (Å²) in [4.78, 5) is 16.4. The second-order valence-electron chi connectivity index (χ2n) is 5.13. The molecule has 0 aliphatic rings. The number of nitrogens with zero attached hydrogens (tertiary/aromatic N) is 2. The van der Waals surface area contributed by atoms with Crippen molar-refractivity contribution in [3.63, 3.8) is 0 Å². The number of fused-ring (bicyclic) bond motifs is 1. The number of aromatic amines is 1. The molecule has 0 saturated heterocycles. The number of rotatable bonds is 4. The van der Waals surface area contributed by atoms with Crippen LogP contribution in [-0.2, 0) is 6.54 Å². The molecule has 7 heteroatoms. The van der Waals surface area contributed by atoms with Crippen LogP contribution < -0.4 is 16.0 Å². The highest BCUT2D eigenvalue weighted by atomic mass is 16.2. The van der Waals surface area contributed by atoms with E-state index in [2.05, 4.69) is 31.1 Å². The molecule has 0 spiro atoms. The average molecular weight is 310 g/mol. The molecule has 2 aromatic heterocycles. The van der Waals surface area contributed by atoms with Crippen LogP contribution in [0.15, 0.2) is 36.4 Å². The van der Waals surface area contributed by atoms with Gasteiger partial charge in [-0.3, -0.25) is 10.4 Å². The first-order valence-electron chi connectivity index (χ1n) is 7.29. The first-order chi connectivity index (χ1) is 11.2. The summed E-state index contributed by atoms with van der Waals surface area (Å²) in [5.74, 6) is 1.22. The monoisotopic (exact) mass is 310 g/mol. The van der Waals surface area contributed by atoms with Gasteiger partial charge in [0.2, 0.25) is 0 Å². The molecule has 23 heavy (non-hydrogen) atoms. The average Bonchev–Trinajstić information content (AvgIpc) is 2.97. The number of H-pyrrole nitrogens is 1. The number of urea groups is 1. The molecular weight excluding hydrogens is 292 g/mol. The molecule has 0 aliphatic heterocycles. The number of aromatic nitrogens is 3. The molecule has 1 aromatic carbocycles. The topological polar surface area (TPSA) is 94.7 Å². The zero-order chi connectivity index (χ0) is 16.2. The van der Waals surface area contributed by atoms with E-state index in [-0.39, 0.29) is 6.03 Å². The van der Waals surface area contributed by atoms with Crippen molar-refractivity contribution >= 4 is 28.6 Å². The third kappa shape index (κ3) is 3.23. The van der Waals surface area contributed by atoms with Gasteiger partial charge in [0.05, 0.1) is 16.6 Å². The van der Waals surface area contributed by atoms with Crippen LogP contribution >= 0.6 is 0 Å². The van der Waals surface area contributed by atoms with E-state index in [1.54, 1.807) is 13.1 Å². The van der Waals surface area contributed by atoms with Gasteiger partial charge in [0.25, 0.3) is 0 Å². The molecule has 0 fully saturated rings. The fraction of sp³-hybridized carbons (Fsp3) is 0.188. The Hall–Kier alpha value is -3.09. The van der Waals surface area contributed by atoms with Crippen LogP contribution in [-0.4, -0.2) is 28.3 Å². The third-order valence-corrected chi connectivity index (χ3v) is 3.50. The van der Waals surface area contributed by atoms with Gasteiger partial charge in [-0.25, -0.2) is 9.78 Å². The highest BCUT2D eigenvalue weighted by Gasteiger charge is 2.11. The largest absolute Gasteiger partial charge is 0.371 e. The van der Waals surface area contributed by atoms with Crippen molar-refractivity contribution < 1.29 is 4.79 Å². The van der Waals surface area contributed by atoms with Gasteiger partial charge in [-0.05, 0) is 12.5 Å². The Balaban J connectivity index is 1.70. The highest BCUT2D eigenvalue weighted by Crippen LogP contribution is 2.24. The number of anilines is 2. The van der Waals surface area contributed by atoms with Crippen molar-refractivity contribution in [2.45, 2.75) is 13.5 Å². The highest BCUT2D eigenvalue weighted by molar-refractivity contribution is 5.95. The molecule has 0 unspecified atom stereocenters. The smallest absolute Gasteiger partial charge is 0.320 e. The zero-order valence-corrected chi connectivity index (χ0v) is 13.0. The number of aryl methyl sites for hydroxylation is 1. The SMILES string of the molecule is CNc1n[nH]c2cc(NC(=O)NCc3ccccc3)nc(C)c12. The van der Waals surface area contributed by atoms with E-state index < -0.39 is 0 Å². The normalized spacial score (nSPS) is 10.5. The number of carbonyl (C=O) groups excluding carboxylic acids is 1. The molecule has 0 bridgehead atoms. The summed E-state index contributed by atoms with van der Waals surface area (Å²) < 4.78 is 0. The van der Waals surface area contributed by atoms with Crippen LogP contribution in [0.5, 0.6) is 0 Å². The maximum Gasteiger partial charge on any atom is 0.320 e. The Morgan fingerprint density at radius 2 is 2.04 bits per heavy atom. The first-order valence-corrected chi connectivity index (χ1v) is 7.29. The maximum absolute atomic E-state index is 12.0. The predicted molar refractivity (Wildman–Crippen MR) is 90.5 cm³/mol. The summed E-state index contributed by atoms with van der Waals surface area (Å²) in [7, 11) is 1.80. The maximum atomic E-state index is 12.0. The molecule has 0 saturated carbocycles. The Kier molecular flexibility index (Phi) is 4.09. The fourth-order valence-corrected chi connectivity index (χ4v) is 2.42. The Bertz CT molecular complexity index is 827. The molecule has 0 radical (unpaired) electrons. The molecule has 2 heterocycles. The van der Waals surface area contributed by atoms with Crippen molar-refractivity contribution in [1.82, 2.24) is 20.5 Å². The van der Waals surface area contributed by atoms with Crippen LogP contribution in [0.4, 0.5) is 16.4 Å². The molecule has 3 rings (SSSR count). The summed E-state index contributed by atoms with van der Waals surface area (Å²) in [6.45, 7) is 2.34. The Morgan fingerprint density at radius 1 is 1.26 bits per heavy atom. The number of benzene rings is 1. The third-order valence-electron chi connectivity index (χ3n) is 3.50. The van der Waals surface area contributed by atoms with Crippen molar-refractivity contribution in [2.24, 2.45) is 0 Å². The van der Waals surface area contributed by atoms with E-state index in [4.69, 9.17) is 0 Å². The van der Waals surface area contributed by atoms with Gasteiger partial charge in [0.1, 0.15) is 5.82 Å². The number of hydrogen-bond acceptors (Lipinski definition) is 4. The minimum atomic E-state index is -0.298. The number of pyridine rings is 1. The molecule has 118 valence electrons. The number of hydrogen-bond donors (Lipinski definition) is 4. The zero-order valence-electron chi connectivity index (χ0n) is 13.0. The van der Waals surface area contributed by atoms with Crippen LogP contribution in [0.1, 0.15) is 11.3 Å². The summed E-state index contributed by atoms with van der Waals surface area (Å²) in [5.41, 5.74) is 2.65. The first kappa shape index (κ1) is 14.8. The fourth-order valence-electron chi connectivity index (χ4n) is 2.42. The Morgan fingerprint density at radius 3 is 2.78 bits per heavy atom. The minimum Gasteiger partial charge on any atom is -0.371 e. The number of carbonyl (C=O) groups is 1. The molecule has 7 nitrogen and oxygen atoms in total. The van der Waals surface area contributed by atoms with Gasteiger partial charge in [0, 0.05) is 19.7 Å². The van der Waals surface area contributed by atoms with E-state index in [1.165, 1.54) is 0 Å². The molecule has 4 N–H and O–H groups in total. The lowest BCUT2D eigenvalue weighted by molar-refractivity contribution is 0.251. The molecule has 2 amide bonds. The van der Waals surface area contributed by atoms with Crippen molar-refractivity contribution in [2.75, 3.05) is 17.7 Å². The number of nitrogens with one attached hydrogen (secondary N) is 4. The molecular formula is C16H18N6O. The lowest BCUT2D eigenvalue weighted by Crippen LogP contribution is -2.28. The Labute approximate surface area is 133 Å². The molecule has 0 aliphatic carbocycles. The van der Waals surface area contributed by atoms with Crippen LogP contribution in [0.25, 0.3) is 10.9 Å². The quantitative estimate of drug-likeness (QED) is 0.596. The van der Waals surface area contributed by atoms with Gasteiger partial charge in [-0.1, -0.05) is 30.3 Å². The van der Waals surface area contributed by atoms with Crippen molar-refractivity contribution in [3.8, 4) is 0 Å². The lowest BCUT2D eigenvalue weighted by atomic mass is 10.2. The van der Waals surface area contributed by atoms with Gasteiger partial charge in [-0.2, -0.15) is 5.10 Å². The van der Waals surface area contributed by atoms with E-state index in [1.807, 2.05) is 37.3 Å². The van der Waals surface area contributed by atoms with E-state index in [9.17, 15) is 4.79 Å².